The van der Waals surface area contributed by atoms with Gasteiger partial charge in [-0.25, -0.2) is 0 Å². The largest absolute Gasteiger partial charge is 0.507 e. The van der Waals surface area contributed by atoms with E-state index in [2.05, 4.69) is 0 Å². The fourth-order valence-electron chi connectivity index (χ4n) is 5.18. The van der Waals surface area contributed by atoms with Crippen LogP contribution >= 0.6 is 0 Å². The number of phenolic OH excluding ortho intramolecular Hbond substituents is 5. The van der Waals surface area contributed by atoms with Crippen LogP contribution in [-0.2, 0) is 0 Å². The Bertz CT molecular complexity index is 1210. The van der Waals surface area contributed by atoms with Crippen molar-refractivity contribution in [3.05, 3.63) is 33.4 Å². The van der Waals surface area contributed by atoms with Crippen molar-refractivity contribution in [2.45, 2.75) is 46.1 Å². The Hall–Kier alpha value is -4.08. The van der Waals surface area contributed by atoms with E-state index in [4.69, 9.17) is 4.74 Å². The smallest absolute Gasteiger partial charge is 0.157 e. The first-order valence-corrected chi connectivity index (χ1v) is 11.4. The number of carbonyl (C=O) groups excluding carboxylic acids is 4. The molecule has 1 aliphatic rings. The fourth-order valence-corrected chi connectivity index (χ4v) is 5.18. The van der Waals surface area contributed by atoms with Crippen LogP contribution in [0.5, 0.6) is 34.5 Å². The Morgan fingerprint density at radius 3 is 1.47 bits per heavy atom. The lowest BCUT2D eigenvalue weighted by Crippen LogP contribution is -2.35. The van der Waals surface area contributed by atoms with Gasteiger partial charge in [0, 0.05) is 11.5 Å². The molecule has 0 aromatic heterocycles. The highest BCUT2D eigenvalue weighted by Gasteiger charge is 2.47. The van der Waals surface area contributed by atoms with Crippen molar-refractivity contribution in [1.29, 1.82) is 0 Å². The van der Waals surface area contributed by atoms with E-state index in [0.717, 1.165) is 0 Å². The number of rotatable bonds is 8. The number of phenols is 5. The molecule has 5 N–H and O–H groups in total. The summed E-state index contributed by atoms with van der Waals surface area (Å²) in [5.41, 5.74) is -2.43. The molecule has 0 saturated heterocycles. The van der Waals surface area contributed by atoms with Crippen molar-refractivity contribution in [3.8, 4) is 34.5 Å². The van der Waals surface area contributed by atoms with Crippen molar-refractivity contribution in [2.24, 2.45) is 17.8 Å². The van der Waals surface area contributed by atoms with Gasteiger partial charge in [0.2, 0.25) is 0 Å². The van der Waals surface area contributed by atoms with Crippen LogP contribution in [0, 0.1) is 17.8 Å². The standard InChI is InChI=1S/C26H28O10/c1-10(2)5-12-17(11(3)4)26(19-23(34)13(6-27)20(31)14(7-28)24(19)35)36-25-16(9-30)21(32)15(8-29)22(33)18(12)25/h6-12,17,26,31-35H,5H2,1-4H3/t12-,17-,26-/m1/s1. The molecule has 0 fully saturated rings. The number of benzene rings is 2. The van der Waals surface area contributed by atoms with Gasteiger partial charge in [-0.15, -0.1) is 0 Å². The molecule has 192 valence electrons. The van der Waals surface area contributed by atoms with Gasteiger partial charge in [-0.1, -0.05) is 27.7 Å². The molecule has 0 spiro atoms. The highest BCUT2D eigenvalue weighted by molar-refractivity contribution is 5.96. The zero-order valence-electron chi connectivity index (χ0n) is 20.2. The molecule has 10 heteroatoms. The Morgan fingerprint density at radius 2 is 1.08 bits per heavy atom. The van der Waals surface area contributed by atoms with Gasteiger partial charge in [-0.2, -0.15) is 0 Å². The summed E-state index contributed by atoms with van der Waals surface area (Å²) in [5.74, 6) is -5.68. The quantitative estimate of drug-likeness (QED) is 0.333. The molecular formula is C26H28O10. The van der Waals surface area contributed by atoms with Crippen LogP contribution in [0.25, 0.3) is 0 Å². The summed E-state index contributed by atoms with van der Waals surface area (Å²) in [5, 5.41) is 53.5. The Labute approximate surface area is 206 Å². The van der Waals surface area contributed by atoms with Gasteiger partial charge in [-0.3, -0.25) is 19.2 Å². The molecule has 36 heavy (non-hydrogen) atoms. The molecule has 0 bridgehead atoms. The fraction of sp³-hybridized carbons (Fsp3) is 0.385. The van der Waals surface area contributed by atoms with Crippen molar-refractivity contribution in [3.63, 3.8) is 0 Å². The summed E-state index contributed by atoms with van der Waals surface area (Å²) in [6.07, 6.45) is -0.171. The van der Waals surface area contributed by atoms with Crippen LogP contribution in [0.4, 0.5) is 0 Å². The van der Waals surface area contributed by atoms with Crippen LogP contribution in [-0.4, -0.2) is 50.7 Å². The molecule has 2 aromatic carbocycles. The second-order valence-electron chi connectivity index (χ2n) is 9.62. The predicted octanol–water partition coefficient (Wildman–Crippen LogP) is 4.00. The zero-order valence-corrected chi connectivity index (χ0v) is 20.2. The maximum Gasteiger partial charge on any atom is 0.157 e. The minimum absolute atomic E-state index is 0.0218. The first-order chi connectivity index (χ1) is 17.0. The van der Waals surface area contributed by atoms with E-state index in [-0.39, 0.29) is 53.9 Å². The van der Waals surface area contributed by atoms with Gasteiger partial charge in [0.1, 0.15) is 40.6 Å². The monoisotopic (exact) mass is 500 g/mol. The summed E-state index contributed by atoms with van der Waals surface area (Å²) in [4.78, 5) is 46.9. The maximum absolute atomic E-state index is 12.0. The predicted molar refractivity (Wildman–Crippen MR) is 127 cm³/mol. The third-order valence-electron chi connectivity index (χ3n) is 6.72. The highest BCUT2D eigenvalue weighted by Crippen LogP contribution is 2.59. The molecule has 3 rings (SSSR count). The van der Waals surface area contributed by atoms with Crippen LogP contribution in [0.2, 0.25) is 0 Å². The number of fused-ring (bicyclic) bond motifs is 1. The third-order valence-corrected chi connectivity index (χ3v) is 6.72. The normalized spacial score (nSPS) is 19.0. The summed E-state index contributed by atoms with van der Waals surface area (Å²) in [6, 6.07) is 0. The Kier molecular flexibility index (Phi) is 7.28. The van der Waals surface area contributed by atoms with E-state index in [1.165, 1.54) is 0 Å². The van der Waals surface area contributed by atoms with Crippen LogP contribution in [0.3, 0.4) is 0 Å². The molecule has 0 unspecified atom stereocenters. The van der Waals surface area contributed by atoms with E-state index in [0.29, 0.717) is 6.42 Å². The SMILES string of the molecule is CC(C)C[C@H]1c2c(O)c(C=O)c(O)c(C=O)c2O[C@@H](c2c(O)c(C=O)c(O)c(C=O)c2O)[C@@H]1C(C)C. The number of ether oxygens (including phenoxy) is 1. The van der Waals surface area contributed by atoms with Crippen LogP contribution in [0.1, 0.15) is 98.7 Å². The van der Waals surface area contributed by atoms with E-state index >= 15 is 0 Å². The molecule has 1 heterocycles. The van der Waals surface area contributed by atoms with Crippen molar-refractivity contribution >= 4 is 25.1 Å². The molecule has 0 aliphatic carbocycles. The summed E-state index contributed by atoms with van der Waals surface area (Å²) < 4.78 is 6.09. The van der Waals surface area contributed by atoms with Crippen molar-refractivity contribution in [1.82, 2.24) is 0 Å². The summed E-state index contributed by atoms with van der Waals surface area (Å²) in [6.45, 7) is 7.44. The number of carbonyl (C=O) groups is 4. The molecule has 0 radical (unpaired) electrons. The maximum atomic E-state index is 12.0. The first kappa shape index (κ1) is 26.5. The van der Waals surface area contributed by atoms with Gasteiger partial charge in [0.05, 0.1) is 27.8 Å². The Morgan fingerprint density at radius 1 is 0.667 bits per heavy atom. The average Bonchev–Trinajstić information content (AvgIpc) is 2.79. The average molecular weight is 501 g/mol. The van der Waals surface area contributed by atoms with Gasteiger partial charge >= 0.3 is 0 Å². The molecular weight excluding hydrogens is 472 g/mol. The third kappa shape index (κ3) is 3.92. The minimum atomic E-state index is -1.29. The Balaban J connectivity index is 2.49. The van der Waals surface area contributed by atoms with Crippen LogP contribution in [0.15, 0.2) is 0 Å². The highest BCUT2D eigenvalue weighted by atomic mass is 16.5. The summed E-state index contributed by atoms with van der Waals surface area (Å²) in [7, 11) is 0. The number of aldehydes is 4. The van der Waals surface area contributed by atoms with E-state index in [1.807, 2.05) is 27.7 Å². The van der Waals surface area contributed by atoms with Crippen LogP contribution < -0.4 is 4.74 Å². The topological polar surface area (TPSA) is 179 Å². The first-order valence-electron chi connectivity index (χ1n) is 11.4. The number of hydrogen-bond donors (Lipinski definition) is 5. The van der Waals surface area contributed by atoms with E-state index in [9.17, 15) is 44.7 Å². The van der Waals surface area contributed by atoms with E-state index < -0.39 is 68.9 Å². The molecule has 0 saturated carbocycles. The van der Waals surface area contributed by atoms with Crippen molar-refractivity contribution in [2.75, 3.05) is 0 Å². The lowest BCUT2D eigenvalue weighted by Gasteiger charge is -2.44. The number of hydrogen-bond acceptors (Lipinski definition) is 10. The molecule has 2 aromatic rings. The van der Waals surface area contributed by atoms with Gasteiger partial charge in [0.15, 0.2) is 25.1 Å². The molecule has 10 nitrogen and oxygen atoms in total. The van der Waals surface area contributed by atoms with Crippen molar-refractivity contribution < 1.29 is 49.4 Å². The lowest BCUT2D eigenvalue weighted by atomic mass is 9.68. The molecule has 3 atom stereocenters. The minimum Gasteiger partial charge on any atom is -0.507 e. The van der Waals surface area contributed by atoms with E-state index in [1.54, 1.807) is 0 Å². The lowest BCUT2D eigenvalue weighted by molar-refractivity contribution is 0.0499. The zero-order chi connectivity index (χ0) is 27.1. The second-order valence-corrected chi connectivity index (χ2v) is 9.62. The number of aromatic hydroxyl groups is 5. The van der Waals surface area contributed by atoms with Gasteiger partial charge in [-0.05, 0) is 24.2 Å². The van der Waals surface area contributed by atoms with Gasteiger partial charge < -0.3 is 30.3 Å². The second kappa shape index (κ2) is 9.88. The van der Waals surface area contributed by atoms with Gasteiger partial charge in [0.25, 0.3) is 0 Å². The summed E-state index contributed by atoms with van der Waals surface area (Å²) >= 11 is 0. The molecule has 1 aliphatic heterocycles. The molecule has 0 amide bonds.